The number of hydrogen-bond donors (Lipinski definition) is 2. The van der Waals surface area contributed by atoms with Crippen molar-refractivity contribution in [2.24, 2.45) is 11.3 Å². The van der Waals surface area contributed by atoms with Crippen LogP contribution in [0.4, 0.5) is 10.5 Å². The van der Waals surface area contributed by atoms with Gasteiger partial charge in [-0.2, -0.15) is 0 Å². The van der Waals surface area contributed by atoms with Crippen molar-refractivity contribution < 1.29 is 19.1 Å². The lowest BCUT2D eigenvalue weighted by atomic mass is 9.86. The summed E-state index contributed by atoms with van der Waals surface area (Å²) in [6.45, 7) is 36.8. The van der Waals surface area contributed by atoms with Crippen LogP contribution < -0.4 is 10.6 Å². The van der Waals surface area contributed by atoms with Crippen LogP contribution in [0.25, 0.3) is 5.57 Å². The average molecular weight is 721 g/mol. The summed E-state index contributed by atoms with van der Waals surface area (Å²) in [5.74, 6) is 0.0262. The molecule has 1 aliphatic heterocycles. The van der Waals surface area contributed by atoms with Gasteiger partial charge in [-0.3, -0.25) is 9.59 Å². The molecule has 0 atom stereocenters. The Hall–Kier alpha value is -3.91. The molecule has 2 N–H and O–H groups in total. The highest BCUT2D eigenvalue weighted by Gasteiger charge is 2.43. The number of anilines is 1. The van der Waals surface area contributed by atoms with Gasteiger partial charge < -0.3 is 25.2 Å². The zero-order valence-corrected chi connectivity index (χ0v) is 35.6. The second-order valence-corrected chi connectivity index (χ2v) is 15.0. The molecule has 1 aromatic carbocycles. The van der Waals surface area contributed by atoms with Gasteiger partial charge in [0, 0.05) is 44.7 Å². The van der Waals surface area contributed by atoms with Crippen molar-refractivity contribution in [1.82, 2.24) is 15.1 Å². The van der Waals surface area contributed by atoms with E-state index in [4.69, 9.17) is 4.74 Å². The Morgan fingerprint density at radius 1 is 1.02 bits per heavy atom. The minimum absolute atomic E-state index is 0.121. The van der Waals surface area contributed by atoms with Gasteiger partial charge in [0.25, 0.3) is 5.91 Å². The number of ether oxygens (including phenoxy) is 1. The highest BCUT2D eigenvalue weighted by molar-refractivity contribution is 6.02. The Labute approximate surface area is 317 Å². The summed E-state index contributed by atoms with van der Waals surface area (Å²) in [6, 6.07) is 5.27. The Kier molecular flexibility index (Phi) is 21.2. The lowest BCUT2D eigenvalue weighted by molar-refractivity contribution is -0.155. The lowest BCUT2D eigenvalue weighted by Crippen LogP contribution is -2.63. The van der Waals surface area contributed by atoms with Crippen LogP contribution in [0, 0.1) is 18.3 Å². The normalized spacial score (nSPS) is 15.6. The van der Waals surface area contributed by atoms with Gasteiger partial charge >= 0.3 is 6.03 Å². The van der Waals surface area contributed by atoms with Crippen molar-refractivity contribution in [2.75, 3.05) is 38.7 Å². The Balaban J connectivity index is 0.00000257. The predicted molar refractivity (Wildman–Crippen MR) is 222 cm³/mol. The Morgan fingerprint density at radius 2 is 1.60 bits per heavy atom. The molecule has 0 aliphatic carbocycles. The number of amides is 4. The minimum Gasteiger partial charge on any atom is -0.381 e. The van der Waals surface area contributed by atoms with Gasteiger partial charge in [-0.25, -0.2) is 4.79 Å². The number of carbonyl (C=O) groups excluding carboxylic acids is 3. The van der Waals surface area contributed by atoms with Gasteiger partial charge in [0.2, 0.25) is 5.91 Å². The standard InChI is InChI=1S/C36H52N4O3.C6H14O.C2H6/c1-14-28(17-15-24(4)23(2)3)30-22-29(18-16-25(30)5)38-34(43)37-27(7)31(21-26(6)35(8,9)10)32(41)40-20-19-39(13)33(42)36(40,11)12;1-3-5-7-6-4-2;1-2/h14-18,21-23H,1,19-20H2,2-13H3,(H2,37,38,43);3-6H2,1-2H3;1-2H3/b24-15+,26-21+,28-17+,31-27-;;. The molecule has 1 aromatic rings. The fraction of sp³-hybridized carbons (Fsp3) is 0.568. The topological polar surface area (TPSA) is 91.0 Å². The van der Waals surface area contributed by atoms with Crippen molar-refractivity contribution in [3.63, 3.8) is 0 Å². The maximum absolute atomic E-state index is 14.0. The number of aryl methyl sites for hydroxylation is 1. The van der Waals surface area contributed by atoms with Crippen LogP contribution in [0.5, 0.6) is 0 Å². The number of rotatable bonds is 12. The molecule has 1 fully saturated rings. The monoisotopic (exact) mass is 721 g/mol. The predicted octanol–water partition coefficient (Wildman–Crippen LogP) is 10.5. The molecule has 0 spiro atoms. The van der Waals surface area contributed by atoms with Crippen molar-refractivity contribution in [2.45, 2.75) is 122 Å². The van der Waals surface area contributed by atoms with E-state index < -0.39 is 11.6 Å². The molecule has 0 radical (unpaired) electrons. The zero-order valence-electron chi connectivity index (χ0n) is 35.6. The third kappa shape index (κ3) is 15.0. The SMILES string of the molecule is C=C/C(=C\C=C(/C)C(C)C)c1cc(NC(=O)N/C(C)=C(/C=C(\C)C(C)(C)C)C(=O)N2CCN(C)C(=O)C2(C)C)ccc1C.CC.CCCOCCC. The summed E-state index contributed by atoms with van der Waals surface area (Å²) in [5, 5.41) is 5.80. The van der Waals surface area contributed by atoms with Crippen molar-refractivity contribution in [3.8, 4) is 0 Å². The van der Waals surface area contributed by atoms with E-state index in [1.165, 1.54) is 5.57 Å². The number of allylic oxidation sites excluding steroid dienone is 7. The second kappa shape index (κ2) is 22.9. The van der Waals surface area contributed by atoms with Crippen molar-refractivity contribution in [3.05, 3.63) is 82.6 Å². The van der Waals surface area contributed by atoms with E-state index in [2.05, 4.69) is 78.7 Å². The minimum atomic E-state index is -1.01. The van der Waals surface area contributed by atoms with E-state index in [9.17, 15) is 14.4 Å². The molecule has 0 aromatic heterocycles. The second-order valence-electron chi connectivity index (χ2n) is 15.0. The molecule has 52 heavy (non-hydrogen) atoms. The molecule has 1 saturated heterocycles. The van der Waals surface area contributed by atoms with Gasteiger partial charge in [0.1, 0.15) is 5.54 Å². The zero-order chi connectivity index (χ0) is 40.4. The first-order valence-corrected chi connectivity index (χ1v) is 19.0. The average Bonchev–Trinajstić information content (AvgIpc) is 3.08. The van der Waals surface area contributed by atoms with Crippen molar-refractivity contribution in [1.29, 1.82) is 0 Å². The first kappa shape index (κ1) is 48.1. The highest BCUT2D eigenvalue weighted by atomic mass is 16.5. The molecule has 8 nitrogen and oxygen atoms in total. The molecule has 4 amide bonds. The van der Waals surface area contributed by atoms with Gasteiger partial charge in [-0.15, -0.1) is 0 Å². The molecule has 0 bridgehead atoms. The summed E-state index contributed by atoms with van der Waals surface area (Å²) in [6.07, 6.45) is 10.1. The van der Waals surface area contributed by atoms with E-state index in [0.29, 0.717) is 36.0 Å². The first-order valence-electron chi connectivity index (χ1n) is 19.0. The van der Waals surface area contributed by atoms with E-state index in [-0.39, 0.29) is 17.2 Å². The Morgan fingerprint density at radius 3 is 2.10 bits per heavy atom. The third-order valence-corrected chi connectivity index (χ3v) is 9.09. The number of nitrogens with one attached hydrogen (secondary N) is 2. The van der Waals surface area contributed by atoms with Crippen LogP contribution in [0.1, 0.15) is 121 Å². The summed E-state index contributed by atoms with van der Waals surface area (Å²) < 4.78 is 5.13. The molecule has 2 rings (SSSR count). The number of urea groups is 1. The van der Waals surface area contributed by atoms with Crippen LogP contribution in [-0.2, 0) is 14.3 Å². The van der Waals surface area contributed by atoms with E-state index >= 15 is 0 Å². The van der Waals surface area contributed by atoms with Crippen LogP contribution in [0.15, 0.2) is 71.5 Å². The lowest BCUT2D eigenvalue weighted by Gasteiger charge is -2.45. The largest absolute Gasteiger partial charge is 0.381 e. The number of hydrogen-bond acceptors (Lipinski definition) is 4. The van der Waals surface area contributed by atoms with Crippen LogP contribution in [0.3, 0.4) is 0 Å². The smallest absolute Gasteiger partial charge is 0.323 e. The number of piperazine rings is 1. The van der Waals surface area contributed by atoms with Gasteiger partial charge in [-0.05, 0) is 101 Å². The molecule has 0 saturated carbocycles. The van der Waals surface area contributed by atoms with Gasteiger partial charge in [0.15, 0.2) is 0 Å². The summed E-state index contributed by atoms with van der Waals surface area (Å²) in [7, 11) is 1.75. The fourth-order valence-electron chi connectivity index (χ4n) is 4.96. The quantitative estimate of drug-likeness (QED) is 0.128. The summed E-state index contributed by atoms with van der Waals surface area (Å²) in [4.78, 5) is 43.5. The number of carbonyl (C=O) groups is 3. The first-order chi connectivity index (χ1) is 24.2. The number of likely N-dealkylation sites (N-methyl/N-ethyl adjacent to an activating group) is 1. The molecule has 292 valence electrons. The van der Waals surface area contributed by atoms with E-state index in [1.54, 1.807) is 37.6 Å². The molecule has 8 heteroatoms. The molecule has 0 unspecified atom stereocenters. The summed E-state index contributed by atoms with van der Waals surface area (Å²) >= 11 is 0. The van der Waals surface area contributed by atoms with Crippen LogP contribution >= 0.6 is 0 Å². The molecule has 1 heterocycles. The molecular formula is C44H72N4O4. The molecular weight excluding hydrogens is 649 g/mol. The maximum atomic E-state index is 14.0. The Bertz CT molecular complexity index is 1470. The van der Waals surface area contributed by atoms with Crippen LogP contribution in [-0.4, -0.2) is 66.5 Å². The number of benzene rings is 1. The van der Waals surface area contributed by atoms with Gasteiger partial charge in [0.05, 0.1) is 5.57 Å². The van der Waals surface area contributed by atoms with E-state index in [0.717, 1.165) is 48.3 Å². The van der Waals surface area contributed by atoms with Crippen LogP contribution in [0.2, 0.25) is 0 Å². The highest BCUT2D eigenvalue weighted by Crippen LogP contribution is 2.30. The maximum Gasteiger partial charge on any atom is 0.323 e. The van der Waals surface area contributed by atoms with Crippen molar-refractivity contribution >= 4 is 29.1 Å². The van der Waals surface area contributed by atoms with Gasteiger partial charge in [-0.1, -0.05) is 104 Å². The third-order valence-electron chi connectivity index (χ3n) is 9.09. The summed E-state index contributed by atoms with van der Waals surface area (Å²) in [5.41, 5.74) is 5.38. The number of nitrogens with zero attached hydrogens (tertiary/aromatic N) is 2. The fourth-order valence-corrected chi connectivity index (χ4v) is 4.96. The molecule has 1 aliphatic rings. The van der Waals surface area contributed by atoms with E-state index in [1.807, 2.05) is 64.1 Å².